The van der Waals surface area contributed by atoms with Crippen LogP contribution in [-0.2, 0) is 0 Å². The van der Waals surface area contributed by atoms with Crippen molar-refractivity contribution in [3.8, 4) is 11.6 Å². The largest absolute Gasteiger partial charge is 0.433 e. The van der Waals surface area contributed by atoms with Crippen LogP contribution < -0.4 is 10.3 Å². The highest BCUT2D eigenvalue weighted by molar-refractivity contribution is 5.42. The Morgan fingerprint density at radius 3 is 2.68 bits per heavy atom. The van der Waals surface area contributed by atoms with E-state index in [0.717, 1.165) is 17.5 Å². The molecule has 0 radical (unpaired) electrons. The van der Waals surface area contributed by atoms with E-state index >= 15 is 0 Å². The van der Waals surface area contributed by atoms with Gasteiger partial charge in [0.15, 0.2) is 0 Å². The lowest BCUT2D eigenvalue weighted by Gasteiger charge is -2.06. The smallest absolute Gasteiger partial charge is 0.395 e. The van der Waals surface area contributed by atoms with Crippen molar-refractivity contribution < 1.29 is 9.66 Å². The third kappa shape index (κ3) is 2.59. The normalized spacial score (nSPS) is 10.2. The van der Waals surface area contributed by atoms with Gasteiger partial charge in [0, 0.05) is 0 Å². The van der Waals surface area contributed by atoms with Crippen LogP contribution in [0.2, 0.25) is 0 Å². The third-order valence-corrected chi connectivity index (χ3v) is 2.67. The molecule has 7 heteroatoms. The van der Waals surface area contributed by atoms with Crippen molar-refractivity contribution in [2.75, 3.05) is 0 Å². The Kier molecular flexibility index (Phi) is 3.28. The molecule has 98 valence electrons. The highest BCUT2D eigenvalue weighted by Crippen LogP contribution is 2.26. The summed E-state index contributed by atoms with van der Waals surface area (Å²) < 4.78 is 5.31. The van der Waals surface area contributed by atoms with Gasteiger partial charge < -0.3 is 9.72 Å². The number of hydrogen-bond donors (Lipinski definition) is 1. The van der Waals surface area contributed by atoms with E-state index in [2.05, 4.69) is 9.97 Å². The van der Waals surface area contributed by atoms with Gasteiger partial charge in [-0.25, -0.2) is 0 Å². The number of ether oxygens (including phenoxy) is 1. The van der Waals surface area contributed by atoms with Crippen molar-refractivity contribution in [2.45, 2.75) is 13.8 Å². The molecular weight excluding hydrogens is 250 g/mol. The number of rotatable bonds is 3. The number of nitrogens with zero attached hydrogens (tertiary/aromatic N) is 2. The van der Waals surface area contributed by atoms with Crippen molar-refractivity contribution in [3.63, 3.8) is 0 Å². The molecule has 0 amide bonds. The molecule has 0 saturated carbocycles. The quantitative estimate of drug-likeness (QED) is 0.673. The van der Waals surface area contributed by atoms with Gasteiger partial charge in [-0.3, -0.25) is 14.9 Å². The molecule has 0 fully saturated rings. The lowest BCUT2D eigenvalue weighted by Crippen LogP contribution is -2.13. The molecule has 1 N–H and O–H groups in total. The van der Waals surface area contributed by atoms with Crippen LogP contribution in [0.4, 0.5) is 5.69 Å². The van der Waals surface area contributed by atoms with Gasteiger partial charge in [0.1, 0.15) is 5.75 Å². The first-order chi connectivity index (χ1) is 8.99. The van der Waals surface area contributed by atoms with E-state index in [4.69, 9.17) is 4.74 Å². The molecule has 0 bridgehead atoms. The molecule has 0 saturated heterocycles. The number of H-pyrrole nitrogens is 1. The summed E-state index contributed by atoms with van der Waals surface area (Å²) in [5, 5.41) is 10.8. The number of nitrogens with one attached hydrogen (secondary N) is 1. The summed E-state index contributed by atoms with van der Waals surface area (Å²) in [6.07, 6.45) is 1.06. The van der Waals surface area contributed by atoms with Gasteiger partial charge in [-0.1, -0.05) is 6.07 Å². The molecule has 2 rings (SSSR count). The molecular formula is C12H11N3O4. The minimum atomic E-state index is -0.848. The molecule has 2 aromatic rings. The fraction of sp³-hybridized carbons (Fsp3) is 0.167. The Balaban J connectivity index is 2.43. The Labute approximate surface area is 108 Å². The number of aromatic amines is 1. The van der Waals surface area contributed by atoms with E-state index in [1.54, 1.807) is 12.1 Å². The second kappa shape index (κ2) is 4.89. The van der Waals surface area contributed by atoms with Crippen molar-refractivity contribution in [3.05, 3.63) is 56.1 Å². The highest BCUT2D eigenvalue weighted by atomic mass is 16.6. The standard InChI is InChI=1S/C12H11N3O4/c1-7-3-4-9(5-8(7)2)19-12-10(15(17)18)11(16)13-6-14-12/h3-6H,1-2H3,(H,13,14,16). The minimum Gasteiger partial charge on any atom is -0.433 e. The second-order valence-corrected chi connectivity index (χ2v) is 3.99. The average molecular weight is 261 g/mol. The van der Waals surface area contributed by atoms with Crippen molar-refractivity contribution in [1.82, 2.24) is 9.97 Å². The van der Waals surface area contributed by atoms with Crippen LogP contribution in [-0.4, -0.2) is 14.9 Å². The first kappa shape index (κ1) is 12.7. The number of aryl methyl sites for hydroxylation is 2. The van der Waals surface area contributed by atoms with Crippen LogP contribution in [0.5, 0.6) is 11.6 Å². The van der Waals surface area contributed by atoms with E-state index in [-0.39, 0.29) is 5.88 Å². The topological polar surface area (TPSA) is 98.1 Å². The fourth-order valence-corrected chi connectivity index (χ4v) is 1.50. The number of benzene rings is 1. The molecule has 19 heavy (non-hydrogen) atoms. The maximum absolute atomic E-state index is 11.4. The van der Waals surface area contributed by atoms with E-state index in [1.165, 1.54) is 0 Å². The highest BCUT2D eigenvalue weighted by Gasteiger charge is 2.22. The summed E-state index contributed by atoms with van der Waals surface area (Å²) in [5.41, 5.74) is 0.491. The summed E-state index contributed by atoms with van der Waals surface area (Å²) in [7, 11) is 0. The molecule has 1 aromatic heterocycles. The zero-order valence-electron chi connectivity index (χ0n) is 10.3. The maximum Gasteiger partial charge on any atom is 0.395 e. The molecule has 0 aliphatic carbocycles. The van der Waals surface area contributed by atoms with Gasteiger partial charge in [-0.2, -0.15) is 4.98 Å². The predicted molar refractivity (Wildman–Crippen MR) is 67.5 cm³/mol. The van der Waals surface area contributed by atoms with E-state index in [0.29, 0.717) is 5.75 Å². The fourth-order valence-electron chi connectivity index (χ4n) is 1.50. The molecule has 0 aliphatic rings. The van der Waals surface area contributed by atoms with Crippen LogP contribution in [0.15, 0.2) is 29.3 Å². The van der Waals surface area contributed by atoms with Gasteiger partial charge >= 0.3 is 17.1 Å². The molecule has 0 unspecified atom stereocenters. The van der Waals surface area contributed by atoms with Gasteiger partial charge in [0.05, 0.1) is 11.3 Å². The number of aromatic nitrogens is 2. The second-order valence-electron chi connectivity index (χ2n) is 3.99. The Morgan fingerprint density at radius 2 is 2.05 bits per heavy atom. The van der Waals surface area contributed by atoms with E-state index in [1.807, 2.05) is 19.9 Å². The summed E-state index contributed by atoms with van der Waals surface area (Å²) in [4.78, 5) is 27.2. The monoisotopic (exact) mass is 261 g/mol. The zero-order chi connectivity index (χ0) is 14.0. The SMILES string of the molecule is Cc1ccc(Oc2nc[nH]c(=O)c2[N+](=O)[O-])cc1C. The van der Waals surface area contributed by atoms with Gasteiger partial charge in [-0.05, 0) is 37.1 Å². The van der Waals surface area contributed by atoms with Gasteiger partial charge in [0.2, 0.25) is 0 Å². The lowest BCUT2D eigenvalue weighted by atomic mass is 10.1. The van der Waals surface area contributed by atoms with Crippen LogP contribution in [0, 0.1) is 24.0 Å². The summed E-state index contributed by atoms with van der Waals surface area (Å²) >= 11 is 0. The van der Waals surface area contributed by atoms with Gasteiger partial charge in [-0.15, -0.1) is 0 Å². The first-order valence-electron chi connectivity index (χ1n) is 5.46. The van der Waals surface area contributed by atoms with Gasteiger partial charge in [0.25, 0.3) is 0 Å². The molecule has 7 nitrogen and oxygen atoms in total. The van der Waals surface area contributed by atoms with Crippen LogP contribution in [0.3, 0.4) is 0 Å². The summed E-state index contributed by atoms with van der Waals surface area (Å²) in [6.45, 7) is 3.83. The van der Waals surface area contributed by atoms with Crippen molar-refractivity contribution in [2.24, 2.45) is 0 Å². The van der Waals surface area contributed by atoms with Crippen LogP contribution >= 0.6 is 0 Å². The van der Waals surface area contributed by atoms with Crippen LogP contribution in [0.25, 0.3) is 0 Å². The van der Waals surface area contributed by atoms with Crippen molar-refractivity contribution >= 4 is 5.69 Å². The first-order valence-corrected chi connectivity index (χ1v) is 5.46. The third-order valence-electron chi connectivity index (χ3n) is 2.67. The number of nitro groups is 1. The molecule has 1 aromatic carbocycles. The molecule has 1 heterocycles. The summed E-state index contributed by atoms with van der Waals surface area (Å²) in [6, 6.07) is 5.21. The van der Waals surface area contributed by atoms with E-state index < -0.39 is 16.2 Å². The molecule has 0 atom stereocenters. The Morgan fingerprint density at radius 1 is 1.32 bits per heavy atom. The minimum absolute atomic E-state index is 0.322. The van der Waals surface area contributed by atoms with Crippen molar-refractivity contribution in [1.29, 1.82) is 0 Å². The molecule has 0 aliphatic heterocycles. The predicted octanol–water partition coefficient (Wildman–Crippen LogP) is 2.09. The Hall–Kier alpha value is -2.70. The maximum atomic E-state index is 11.4. The molecule has 0 spiro atoms. The zero-order valence-corrected chi connectivity index (χ0v) is 10.3. The van der Waals surface area contributed by atoms with Crippen LogP contribution in [0.1, 0.15) is 11.1 Å². The lowest BCUT2D eigenvalue weighted by molar-refractivity contribution is -0.387. The summed E-state index contributed by atoms with van der Waals surface area (Å²) in [5.74, 6) is 0.0707. The Bertz CT molecular complexity index is 694. The average Bonchev–Trinajstić information content (AvgIpc) is 2.33. The van der Waals surface area contributed by atoms with E-state index in [9.17, 15) is 14.9 Å². The number of hydrogen-bond acceptors (Lipinski definition) is 5.